The van der Waals surface area contributed by atoms with Crippen LogP contribution in [-0.2, 0) is 0 Å². The van der Waals surface area contributed by atoms with Crippen LogP contribution in [-0.4, -0.2) is 36.9 Å². The highest BCUT2D eigenvalue weighted by molar-refractivity contribution is 4.85. The smallest absolute Gasteiger partial charge is 0.130 e. The van der Waals surface area contributed by atoms with Gasteiger partial charge in [0.2, 0.25) is 0 Å². The van der Waals surface area contributed by atoms with E-state index in [1.165, 1.54) is 19.3 Å². The lowest BCUT2D eigenvalue weighted by Crippen LogP contribution is -2.48. The van der Waals surface area contributed by atoms with E-state index in [1.54, 1.807) is 0 Å². The molecule has 1 N–H and O–H groups in total. The maximum atomic E-state index is 13.3. The molecule has 0 aliphatic carbocycles. The molecule has 2 heterocycles. The van der Waals surface area contributed by atoms with Gasteiger partial charge in [0.05, 0.1) is 6.17 Å². The van der Waals surface area contributed by atoms with Crippen LogP contribution in [0, 0.1) is 0 Å². The molecule has 2 unspecified atom stereocenters. The quantitative estimate of drug-likeness (QED) is 0.638. The van der Waals surface area contributed by atoms with Gasteiger partial charge in [-0.25, -0.2) is 4.39 Å². The van der Waals surface area contributed by atoms with Gasteiger partial charge in [-0.05, 0) is 38.9 Å². The predicted molar refractivity (Wildman–Crippen MR) is 46.7 cm³/mol. The van der Waals surface area contributed by atoms with Crippen molar-refractivity contribution >= 4 is 0 Å². The van der Waals surface area contributed by atoms with Crippen molar-refractivity contribution in [2.45, 2.75) is 38.0 Å². The van der Waals surface area contributed by atoms with E-state index in [1.807, 2.05) is 0 Å². The zero-order valence-corrected chi connectivity index (χ0v) is 7.43. The van der Waals surface area contributed by atoms with Gasteiger partial charge in [-0.1, -0.05) is 6.42 Å². The van der Waals surface area contributed by atoms with Crippen LogP contribution in [0.3, 0.4) is 0 Å². The minimum Gasteiger partial charge on any atom is -0.299 e. The summed E-state index contributed by atoms with van der Waals surface area (Å²) in [4.78, 5) is 2.27. The van der Waals surface area contributed by atoms with Gasteiger partial charge in [-0.15, -0.1) is 0 Å². The maximum Gasteiger partial charge on any atom is 0.130 e. The van der Waals surface area contributed by atoms with Crippen LogP contribution in [0.2, 0.25) is 0 Å². The predicted octanol–water partition coefficient (Wildman–Crippen LogP) is 1.13. The third kappa shape index (κ3) is 1.62. The van der Waals surface area contributed by atoms with Gasteiger partial charge in [-0.2, -0.15) is 0 Å². The summed E-state index contributed by atoms with van der Waals surface area (Å²) in [6.45, 7) is 3.01. The molecule has 2 saturated heterocycles. The second-order valence-electron chi connectivity index (χ2n) is 3.80. The molecule has 2 rings (SSSR count). The Labute approximate surface area is 73.1 Å². The molecular weight excluding hydrogens is 155 g/mol. The molecular formula is C9H17FN2. The first kappa shape index (κ1) is 8.45. The van der Waals surface area contributed by atoms with E-state index in [2.05, 4.69) is 10.2 Å². The molecule has 0 amide bonds. The fourth-order valence-electron chi connectivity index (χ4n) is 2.21. The van der Waals surface area contributed by atoms with Crippen LogP contribution in [0.1, 0.15) is 25.7 Å². The number of halogens is 1. The molecule has 3 heteroatoms. The molecule has 2 fully saturated rings. The highest BCUT2D eigenvalue weighted by Crippen LogP contribution is 2.19. The standard InChI is InChI=1S/C9H17FN2/c10-8-4-5-11-9(8)12-6-2-1-3-7-12/h8-9,11H,1-7H2. The molecule has 0 radical (unpaired) electrons. The van der Waals surface area contributed by atoms with Gasteiger partial charge >= 0.3 is 0 Å². The Bertz CT molecular complexity index is 145. The monoisotopic (exact) mass is 172 g/mol. The van der Waals surface area contributed by atoms with Gasteiger partial charge in [0.1, 0.15) is 6.17 Å². The van der Waals surface area contributed by atoms with Crippen molar-refractivity contribution < 1.29 is 4.39 Å². The van der Waals surface area contributed by atoms with Crippen molar-refractivity contribution in [2.75, 3.05) is 19.6 Å². The molecule has 0 aromatic carbocycles. The molecule has 0 spiro atoms. The number of hydrogen-bond donors (Lipinski definition) is 1. The Morgan fingerprint density at radius 1 is 1.17 bits per heavy atom. The van der Waals surface area contributed by atoms with Crippen LogP contribution in [0.4, 0.5) is 4.39 Å². The summed E-state index contributed by atoms with van der Waals surface area (Å²) >= 11 is 0. The lowest BCUT2D eigenvalue weighted by atomic mass is 10.1. The number of nitrogens with zero attached hydrogens (tertiary/aromatic N) is 1. The number of alkyl halides is 1. The van der Waals surface area contributed by atoms with Crippen LogP contribution >= 0.6 is 0 Å². The average Bonchev–Trinajstić information content (AvgIpc) is 2.53. The Balaban J connectivity index is 1.89. The van der Waals surface area contributed by atoms with E-state index < -0.39 is 6.17 Å². The molecule has 12 heavy (non-hydrogen) atoms. The number of likely N-dealkylation sites (tertiary alicyclic amines) is 1. The average molecular weight is 172 g/mol. The third-order valence-corrected chi connectivity index (χ3v) is 2.90. The first-order valence-corrected chi connectivity index (χ1v) is 4.99. The van der Waals surface area contributed by atoms with Crippen LogP contribution in [0.25, 0.3) is 0 Å². The molecule has 0 aromatic rings. The van der Waals surface area contributed by atoms with Gasteiger partial charge in [-0.3, -0.25) is 10.2 Å². The summed E-state index contributed by atoms with van der Waals surface area (Å²) in [6, 6.07) is 0. The first-order valence-electron chi connectivity index (χ1n) is 4.99. The van der Waals surface area contributed by atoms with Crippen molar-refractivity contribution in [3.63, 3.8) is 0 Å². The summed E-state index contributed by atoms with van der Waals surface area (Å²) in [7, 11) is 0. The van der Waals surface area contributed by atoms with E-state index in [0.29, 0.717) is 6.42 Å². The van der Waals surface area contributed by atoms with Gasteiger partial charge < -0.3 is 0 Å². The van der Waals surface area contributed by atoms with Gasteiger partial charge in [0.15, 0.2) is 0 Å². The molecule has 0 aromatic heterocycles. The van der Waals surface area contributed by atoms with Crippen molar-refractivity contribution in [1.82, 2.24) is 10.2 Å². The minimum absolute atomic E-state index is 0.0327. The molecule has 0 saturated carbocycles. The SMILES string of the molecule is FC1CCNC1N1CCCCC1. The van der Waals surface area contributed by atoms with Crippen molar-refractivity contribution in [3.05, 3.63) is 0 Å². The Hall–Kier alpha value is -0.150. The van der Waals surface area contributed by atoms with Crippen molar-refractivity contribution in [1.29, 1.82) is 0 Å². The second kappa shape index (κ2) is 3.71. The van der Waals surface area contributed by atoms with Gasteiger partial charge in [0, 0.05) is 0 Å². The molecule has 2 nitrogen and oxygen atoms in total. The first-order chi connectivity index (χ1) is 5.88. The summed E-state index contributed by atoms with van der Waals surface area (Å²) in [6.07, 6.45) is 3.89. The summed E-state index contributed by atoms with van der Waals surface area (Å²) in [5.41, 5.74) is 0. The number of nitrogens with one attached hydrogen (secondary N) is 1. The zero-order chi connectivity index (χ0) is 8.39. The Kier molecular flexibility index (Phi) is 2.61. The molecule has 2 atom stereocenters. The van der Waals surface area contributed by atoms with Crippen LogP contribution < -0.4 is 5.32 Å². The molecule has 2 aliphatic rings. The zero-order valence-electron chi connectivity index (χ0n) is 7.43. The fraction of sp³-hybridized carbons (Fsp3) is 1.00. The summed E-state index contributed by atoms with van der Waals surface area (Å²) in [5.74, 6) is 0. The normalized spacial score (nSPS) is 38.8. The lowest BCUT2D eigenvalue weighted by Gasteiger charge is -2.33. The minimum atomic E-state index is -0.636. The van der Waals surface area contributed by atoms with E-state index in [-0.39, 0.29) is 6.17 Å². The van der Waals surface area contributed by atoms with Crippen LogP contribution in [0.15, 0.2) is 0 Å². The second-order valence-corrected chi connectivity index (χ2v) is 3.80. The topological polar surface area (TPSA) is 15.3 Å². The number of rotatable bonds is 1. The highest BCUT2D eigenvalue weighted by atomic mass is 19.1. The van der Waals surface area contributed by atoms with Crippen LogP contribution in [0.5, 0.6) is 0 Å². The molecule has 2 aliphatic heterocycles. The van der Waals surface area contributed by atoms with Gasteiger partial charge in [0.25, 0.3) is 0 Å². The van der Waals surface area contributed by atoms with E-state index in [0.717, 1.165) is 19.6 Å². The highest BCUT2D eigenvalue weighted by Gasteiger charge is 2.31. The largest absolute Gasteiger partial charge is 0.299 e. The third-order valence-electron chi connectivity index (χ3n) is 2.90. The summed E-state index contributed by atoms with van der Waals surface area (Å²) < 4.78 is 13.3. The Morgan fingerprint density at radius 2 is 1.92 bits per heavy atom. The maximum absolute atomic E-state index is 13.3. The fourth-order valence-corrected chi connectivity index (χ4v) is 2.21. The lowest BCUT2D eigenvalue weighted by molar-refractivity contribution is 0.0976. The van der Waals surface area contributed by atoms with E-state index in [4.69, 9.17) is 0 Å². The van der Waals surface area contributed by atoms with E-state index >= 15 is 0 Å². The number of hydrogen-bond acceptors (Lipinski definition) is 2. The van der Waals surface area contributed by atoms with Crippen molar-refractivity contribution in [2.24, 2.45) is 0 Å². The Morgan fingerprint density at radius 3 is 2.50 bits per heavy atom. The molecule has 70 valence electrons. The molecule has 0 bridgehead atoms. The summed E-state index contributed by atoms with van der Waals surface area (Å²) in [5, 5.41) is 3.23. The van der Waals surface area contributed by atoms with E-state index in [9.17, 15) is 4.39 Å². The number of piperidine rings is 1. The van der Waals surface area contributed by atoms with Crippen molar-refractivity contribution in [3.8, 4) is 0 Å².